The van der Waals surface area contributed by atoms with Crippen molar-refractivity contribution in [2.24, 2.45) is 0 Å². The van der Waals surface area contributed by atoms with Gasteiger partial charge in [0.05, 0.1) is 17.4 Å². The van der Waals surface area contributed by atoms with E-state index < -0.39 is 5.97 Å². The number of aromatic nitrogens is 3. The van der Waals surface area contributed by atoms with Crippen LogP contribution >= 0.6 is 15.9 Å². The van der Waals surface area contributed by atoms with Crippen LogP contribution in [0.4, 0.5) is 0 Å². The predicted molar refractivity (Wildman–Crippen MR) is 81.5 cm³/mol. The number of carboxylic acid groups (broad SMARTS) is 1. The minimum absolute atomic E-state index is 0.216. The monoisotopic (exact) mass is 343 g/mol. The average Bonchev–Trinajstić information content (AvgIpc) is 2.98. The van der Waals surface area contributed by atoms with Crippen LogP contribution in [0, 0.1) is 0 Å². The highest BCUT2D eigenvalue weighted by Gasteiger charge is 2.08. The second kappa shape index (κ2) is 5.49. The maximum atomic E-state index is 11.0. The Hall–Kier alpha value is -2.47. The number of carbonyl (C=O) groups is 1. The first-order valence-electron chi connectivity index (χ1n) is 6.15. The second-order valence-electron chi connectivity index (χ2n) is 4.41. The van der Waals surface area contributed by atoms with E-state index in [-0.39, 0.29) is 5.56 Å². The molecule has 3 aromatic rings. The van der Waals surface area contributed by atoms with E-state index in [0.29, 0.717) is 5.69 Å². The lowest BCUT2D eigenvalue weighted by molar-refractivity contribution is 0.0697. The average molecular weight is 344 g/mol. The molecule has 0 saturated carbocycles. The van der Waals surface area contributed by atoms with Crippen LogP contribution in [0.25, 0.3) is 16.9 Å². The Balaban J connectivity index is 1.96. The fraction of sp³-hybridized carbons (Fsp3) is 0. The number of rotatable bonds is 3. The molecule has 3 rings (SSSR count). The summed E-state index contributed by atoms with van der Waals surface area (Å²) in [6, 6.07) is 14.3. The Kier molecular flexibility index (Phi) is 3.53. The van der Waals surface area contributed by atoms with Crippen molar-refractivity contribution >= 4 is 21.9 Å². The molecule has 0 unspecified atom stereocenters. The molecule has 1 N–H and O–H groups in total. The molecule has 0 aliphatic carbocycles. The van der Waals surface area contributed by atoms with E-state index in [4.69, 9.17) is 5.11 Å². The summed E-state index contributed by atoms with van der Waals surface area (Å²) in [5.74, 6) is -0.968. The molecule has 0 amide bonds. The Morgan fingerprint density at radius 2 is 1.90 bits per heavy atom. The fourth-order valence-electron chi connectivity index (χ4n) is 1.92. The Morgan fingerprint density at radius 3 is 2.62 bits per heavy atom. The molecule has 0 bridgehead atoms. The molecule has 2 aromatic carbocycles. The van der Waals surface area contributed by atoms with Crippen LogP contribution in [0.15, 0.2) is 59.2 Å². The summed E-state index contributed by atoms with van der Waals surface area (Å²) >= 11 is 3.38. The molecule has 0 radical (unpaired) electrons. The number of hydrogen-bond donors (Lipinski definition) is 1. The largest absolute Gasteiger partial charge is 0.478 e. The third-order valence-corrected chi connectivity index (χ3v) is 3.52. The number of hydrogen-bond acceptors (Lipinski definition) is 3. The molecule has 5 nitrogen and oxygen atoms in total. The van der Waals surface area contributed by atoms with Crippen molar-refractivity contribution in [1.82, 2.24) is 15.0 Å². The molecule has 6 heteroatoms. The van der Waals surface area contributed by atoms with E-state index in [1.165, 1.54) is 0 Å². The molecule has 0 fully saturated rings. The van der Waals surface area contributed by atoms with Crippen molar-refractivity contribution < 1.29 is 9.90 Å². The highest BCUT2D eigenvalue weighted by molar-refractivity contribution is 9.10. The van der Waals surface area contributed by atoms with Crippen LogP contribution in [-0.2, 0) is 0 Å². The molecule has 21 heavy (non-hydrogen) atoms. The zero-order valence-corrected chi connectivity index (χ0v) is 12.4. The number of aromatic carboxylic acids is 1. The van der Waals surface area contributed by atoms with E-state index in [9.17, 15) is 4.79 Å². The molecule has 104 valence electrons. The van der Waals surface area contributed by atoms with Gasteiger partial charge >= 0.3 is 5.97 Å². The van der Waals surface area contributed by atoms with Crippen LogP contribution in [0.3, 0.4) is 0 Å². The van der Waals surface area contributed by atoms with E-state index in [2.05, 4.69) is 26.2 Å². The van der Waals surface area contributed by atoms with Gasteiger partial charge in [-0.25, -0.2) is 9.48 Å². The van der Waals surface area contributed by atoms with Gasteiger partial charge in [-0.2, -0.15) is 0 Å². The molecular formula is C15H10BrN3O2. The third kappa shape index (κ3) is 2.85. The van der Waals surface area contributed by atoms with Crippen LogP contribution in [0.5, 0.6) is 0 Å². The van der Waals surface area contributed by atoms with Gasteiger partial charge in [-0.3, -0.25) is 0 Å². The first-order chi connectivity index (χ1) is 10.1. The predicted octanol–water partition coefficient (Wildman–Crippen LogP) is 3.40. The zero-order valence-electron chi connectivity index (χ0n) is 10.8. The molecule has 1 aromatic heterocycles. The highest BCUT2D eigenvalue weighted by atomic mass is 79.9. The molecular weight excluding hydrogens is 334 g/mol. The molecule has 0 aliphatic rings. The van der Waals surface area contributed by atoms with Crippen molar-refractivity contribution in [3.05, 3.63) is 64.8 Å². The Bertz CT molecular complexity index is 797. The molecule has 0 atom stereocenters. The van der Waals surface area contributed by atoms with Gasteiger partial charge in [0, 0.05) is 10.0 Å². The van der Waals surface area contributed by atoms with Gasteiger partial charge in [0.1, 0.15) is 5.69 Å². The Labute approximate surface area is 129 Å². The van der Waals surface area contributed by atoms with E-state index in [1.54, 1.807) is 35.1 Å². The van der Waals surface area contributed by atoms with Crippen LogP contribution in [-0.4, -0.2) is 26.1 Å². The summed E-state index contributed by atoms with van der Waals surface area (Å²) in [5.41, 5.74) is 2.54. The summed E-state index contributed by atoms with van der Waals surface area (Å²) in [7, 11) is 0. The van der Waals surface area contributed by atoms with E-state index >= 15 is 0 Å². The van der Waals surface area contributed by atoms with Gasteiger partial charge in [-0.05, 0) is 30.3 Å². The zero-order chi connectivity index (χ0) is 14.8. The highest BCUT2D eigenvalue weighted by Crippen LogP contribution is 2.20. The first kappa shape index (κ1) is 13.5. The standard InChI is InChI=1S/C15H10BrN3O2/c16-12-6-4-10(5-7-12)14-9-19(18-17-14)13-3-1-2-11(8-13)15(20)21/h1-9H,(H,20,21). The van der Waals surface area contributed by atoms with Gasteiger partial charge in [0.25, 0.3) is 0 Å². The third-order valence-electron chi connectivity index (χ3n) is 2.99. The van der Waals surface area contributed by atoms with Crippen LogP contribution < -0.4 is 0 Å². The minimum atomic E-state index is -0.968. The summed E-state index contributed by atoms with van der Waals surface area (Å²) in [5, 5.41) is 17.2. The summed E-state index contributed by atoms with van der Waals surface area (Å²) < 4.78 is 2.55. The lowest BCUT2D eigenvalue weighted by atomic mass is 10.2. The molecule has 1 heterocycles. The summed E-state index contributed by atoms with van der Waals surface area (Å²) in [6.07, 6.45) is 1.77. The maximum Gasteiger partial charge on any atom is 0.335 e. The van der Waals surface area contributed by atoms with Crippen molar-refractivity contribution in [2.75, 3.05) is 0 Å². The molecule has 0 aliphatic heterocycles. The Morgan fingerprint density at radius 1 is 1.14 bits per heavy atom. The lowest BCUT2D eigenvalue weighted by Gasteiger charge is -2.01. The smallest absolute Gasteiger partial charge is 0.335 e. The van der Waals surface area contributed by atoms with Gasteiger partial charge in [0.15, 0.2) is 0 Å². The van der Waals surface area contributed by atoms with Crippen molar-refractivity contribution in [3.63, 3.8) is 0 Å². The number of carboxylic acids is 1. The van der Waals surface area contributed by atoms with Crippen molar-refractivity contribution in [1.29, 1.82) is 0 Å². The van der Waals surface area contributed by atoms with Crippen LogP contribution in [0.1, 0.15) is 10.4 Å². The van der Waals surface area contributed by atoms with Gasteiger partial charge in [0.2, 0.25) is 0 Å². The lowest BCUT2D eigenvalue weighted by Crippen LogP contribution is -2.00. The van der Waals surface area contributed by atoms with Crippen LogP contribution in [0.2, 0.25) is 0 Å². The van der Waals surface area contributed by atoms with Gasteiger partial charge in [-0.1, -0.05) is 39.3 Å². The fourth-order valence-corrected chi connectivity index (χ4v) is 2.19. The number of nitrogens with zero attached hydrogens (tertiary/aromatic N) is 3. The maximum absolute atomic E-state index is 11.0. The first-order valence-corrected chi connectivity index (χ1v) is 6.95. The van der Waals surface area contributed by atoms with Gasteiger partial charge in [-0.15, -0.1) is 5.10 Å². The number of benzene rings is 2. The quantitative estimate of drug-likeness (QED) is 0.791. The topological polar surface area (TPSA) is 68.0 Å². The van der Waals surface area contributed by atoms with Crippen molar-refractivity contribution in [2.45, 2.75) is 0 Å². The summed E-state index contributed by atoms with van der Waals surface area (Å²) in [6.45, 7) is 0. The SMILES string of the molecule is O=C(O)c1cccc(-n2cc(-c3ccc(Br)cc3)nn2)c1. The number of halogens is 1. The second-order valence-corrected chi connectivity index (χ2v) is 5.33. The van der Waals surface area contributed by atoms with Gasteiger partial charge < -0.3 is 5.11 Å². The minimum Gasteiger partial charge on any atom is -0.478 e. The normalized spacial score (nSPS) is 10.5. The molecule has 0 saturated heterocycles. The summed E-state index contributed by atoms with van der Waals surface area (Å²) in [4.78, 5) is 11.0. The molecule has 0 spiro atoms. The van der Waals surface area contributed by atoms with Crippen molar-refractivity contribution in [3.8, 4) is 16.9 Å². The van der Waals surface area contributed by atoms with E-state index in [0.717, 1.165) is 15.7 Å². The van der Waals surface area contributed by atoms with E-state index in [1.807, 2.05) is 24.3 Å².